The number of carbonyl (C=O) groups is 1. The van der Waals surface area contributed by atoms with E-state index in [0.29, 0.717) is 17.2 Å². The first-order valence-electron chi connectivity index (χ1n) is 7.63. The lowest BCUT2D eigenvalue weighted by Crippen LogP contribution is -2.03. The van der Waals surface area contributed by atoms with Crippen LogP contribution in [0.25, 0.3) is 22.6 Å². The number of esters is 1. The maximum Gasteiger partial charge on any atom is 0.356 e. The molecule has 0 atom stereocenters. The summed E-state index contributed by atoms with van der Waals surface area (Å²) in [6.45, 7) is 0. The van der Waals surface area contributed by atoms with Gasteiger partial charge in [-0.15, -0.1) is 0 Å². The molecular weight excluding hydrogens is 320 g/mol. The van der Waals surface area contributed by atoms with Crippen LogP contribution in [0.4, 0.5) is 0 Å². The monoisotopic (exact) mass is 338 g/mol. The van der Waals surface area contributed by atoms with Crippen LogP contribution in [0.3, 0.4) is 0 Å². The number of hydrogen-bond donors (Lipinski definition) is 1. The van der Waals surface area contributed by atoms with Gasteiger partial charge in [-0.25, -0.2) is 9.78 Å². The van der Waals surface area contributed by atoms with Gasteiger partial charge in [-0.1, -0.05) is 0 Å². The van der Waals surface area contributed by atoms with Gasteiger partial charge in [-0.05, 0) is 48.5 Å². The molecule has 0 saturated heterocycles. The summed E-state index contributed by atoms with van der Waals surface area (Å²) in [5.74, 6) is 1.58. The first kappa shape index (κ1) is 16.6. The van der Waals surface area contributed by atoms with Crippen molar-refractivity contribution in [2.45, 2.75) is 0 Å². The summed E-state index contributed by atoms with van der Waals surface area (Å²) >= 11 is 0. The number of aromatic amines is 1. The number of H-pyrrole nitrogens is 1. The molecule has 0 bridgehead atoms. The summed E-state index contributed by atoms with van der Waals surface area (Å²) in [6.07, 6.45) is 0. The number of benzene rings is 2. The Labute approximate surface area is 145 Å². The smallest absolute Gasteiger partial charge is 0.356 e. The second kappa shape index (κ2) is 7.09. The van der Waals surface area contributed by atoms with Crippen LogP contribution in [-0.2, 0) is 4.74 Å². The number of nitrogens with zero attached hydrogens (tertiary/aromatic N) is 1. The van der Waals surface area contributed by atoms with Gasteiger partial charge in [0.25, 0.3) is 0 Å². The Bertz CT molecular complexity index is 867. The quantitative estimate of drug-likeness (QED) is 0.720. The first-order valence-corrected chi connectivity index (χ1v) is 7.63. The van der Waals surface area contributed by atoms with E-state index in [1.54, 1.807) is 14.2 Å². The highest BCUT2D eigenvalue weighted by atomic mass is 16.5. The number of nitrogens with one attached hydrogen (secondary N) is 1. The van der Waals surface area contributed by atoms with Gasteiger partial charge in [0, 0.05) is 11.1 Å². The van der Waals surface area contributed by atoms with Crippen LogP contribution >= 0.6 is 0 Å². The topological polar surface area (TPSA) is 73.4 Å². The molecule has 0 fully saturated rings. The Hall–Kier alpha value is -3.28. The van der Waals surface area contributed by atoms with Gasteiger partial charge in [0.05, 0.1) is 21.3 Å². The normalized spacial score (nSPS) is 10.4. The summed E-state index contributed by atoms with van der Waals surface area (Å²) in [7, 11) is 4.55. The number of methoxy groups -OCH3 is 3. The zero-order valence-corrected chi connectivity index (χ0v) is 14.2. The van der Waals surface area contributed by atoms with Crippen LogP contribution < -0.4 is 9.47 Å². The van der Waals surface area contributed by atoms with E-state index < -0.39 is 5.97 Å². The maximum absolute atomic E-state index is 12.1. The summed E-state index contributed by atoms with van der Waals surface area (Å²) < 4.78 is 15.2. The van der Waals surface area contributed by atoms with E-state index in [-0.39, 0.29) is 0 Å². The van der Waals surface area contributed by atoms with Gasteiger partial charge in [-0.2, -0.15) is 0 Å². The molecule has 1 N–H and O–H groups in total. The van der Waals surface area contributed by atoms with Gasteiger partial charge in [0.2, 0.25) is 0 Å². The first-order chi connectivity index (χ1) is 12.2. The second-order valence-electron chi connectivity index (χ2n) is 5.26. The zero-order valence-electron chi connectivity index (χ0n) is 14.2. The van der Waals surface area contributed by atoms with Crippen molar-refractivity contribution in [3.63, 3.8) is 0 Å². The highest BCUT2D eigenvalue weighted by Gasteiger charge is 2.20. The van der Waals surface area contributed by atoms with Crippen LogP contribution in [0.2, 0.25) is 0 Å². The Kier molecular flexibility index (Phi) is 4.70. The fourth-order valence-electron chi connectivity index (χ4n) is 2.47. The molecule has 6 nitrogen and oxygen atoms in total. The average molecular weight is 338 g/mol. The van der Waals surface area contributed by atoms with Crippen molar-refractivity contribution >= 4 is 5.97 Å². The molecule has 3 rings (SSSR count). The van der Waals surface area contributed by atoms with Gasteiger partial charge in [0.1, 0.15) is 23.0 Å². The Morgan fingerprint density at radius 1 is 0.840 bits per heavy atom. The highest BCUT2D eigenvalue weighted by molar-refractivity contribution is 5.95. The molecule has 0 amide bonds. The summed E-state index contributed by atoms with van der Waals surface area (Å²) in [5.41, 5.74) is 2.46. The van der Waals surface area contributed by atoms with Crippen molar-refractivity contribution in [1.29, 1.82) is 0 Å². The summed E-state index contributed by atoms with van der Waals surface area (Å²) in [4.78, 5) is 19.8. The third-order valence-electron chi connectivity index (χ3n) is 3.82. The minimum Gasteiger partial charge on any atom is -0.497 e. The molecule has 0 saturated carbocycles. The van der Waals surface area contributed by atoms with Crippen molar-refractivity contribution in [3.8, 4) is 34.1 Å². The molecule has 25 heavy (non-hydrogen) atoms. The molecule has 1 aromatic heterocycles. The van der Waals surface area contributed by atoms with E-state index >= 15 is 0 Å². The van der Waals surface area contributed by atoms with E-state index in [0.717, 1.165) is 22.6 Å². The standard InChI is InChI=1S/C19H18N2O4/c1-23-14-8-4-12(5-9-14)16-17(19(22)25-3)21-18(20-16)13-6-10-15(24-2)11-7-13/h4-11H,1-3H3,(H,20,21). The lowest BCUT2D eigenvalue weighted by Gasteiger charge is -2.03. The predicted octanol–water partition coefficient (Wildman–Crippen LogP) is 3.55. The molecule has 0 unspecified atom stereocenters. The minimum absolute atomic E-state index is 0.304. The molecule has 0 aliphatic heterocycles. The molecule has 0 spiro atoms. The van der Waals surface area contributed by atoms with E-state index in [1.807, 2.05) is 48.5 Å². The van der Waals surface area contributed by atoms with Gasteiger partial charge >= 0.3 is 5.97 Å². The third-order valence-corrected chi connectivity index (χ3v) is 3.82. The average Bonchev–Trinajstić information content (AvgIpc) is 3.13. The van der Waals surface area contributed by atoms with Crippen molar-refractivity contribution in [2.24, 2.45) is 0 Å². The minimum atomic E-state index is -0.474. The van der Waals surface area contributed by atoms with Crippen LogP contribution in [-0.4, -0.2) is 37.3 Å². The molecule has 0 aliphatic carbocycles. The van der Waals surface area contributed by atoms with Crippen molar-refractivity contribution in [1.82, 2.24) is 9.97 Å². The lowest BCUT2D eigenvalue weighted by atomic mass is 10.1. The maximum atomic E-state index is 12.1. The molecule has 128 valence electrons. The SMILES string of the molecule is COC(=O)c1[nH]c(-c2ccc(OC)cc2)nc1-c1ccc(OC)cc1. The highest BCUT2D eigenvalue weighted by Crippen LogP contribution is 2.28. The van der Waals surface area contributed by atoms with Gasteiger partial charge in [0.15, 0.2) is 5.69 Å². The van der Waals surface area contributed by atoms with E-state index in [9.17, 15) is 4.79 Å². The zero-order chi connectivity index (χ0) is 17.8. The van der Waals surface area contributed by atoms with Gasteiger partial charge in [-0.3, -0.25) is 0 Å². The van der Waals surface area contributed by atoms with Crippen LogP contribution in [0.1, 0.15) is 10.5 Å². The molecule has 0 radical (unpaired) electrons. The Balaban J connectivity index is 2.06. The molecule has 1 heterocycles. The van der Waals surface area contributed by atoms with Crippen molar-refractivity contribution in [2.75, 3.05) is 21.3 Å². The fraction of sp³-hybridized carbons (Fsp3) is 0.158. The number of rotatable bonds is 5. The Morgan fingerprint density at radius 3 is 1.84 bits per heavy atom. The van der Waals surface area contributed by atoms with Crippen molar-refractivity contribution < 1.29 is 19.0 Å². The number of ether oxygens (including phenoxy) is 3. The predicted molar refractivity (Wildman–Crippen MR) is 93.9 cm³/mol. The second-order valence-corrected chi connectivity index (χ2v) is 5.26. The fourth-order valence-corrected chi connectivity index (χ4v) is 2.47. The molecular formula is C19H18N2O4. The number of imidazole rings is 1. The molecule has 2 aromatic carbocycles. The third kappa shape index (κ3) is 3.33. The number of aromatic nitrogens is 2. The summed E-state index contributed by atoms with van der Waals surface area (Å²) in [6, 6.07) is 14.7. The van der Waals surface area contributed by atoms with Crippen LogP contribution in [0, 0.1) is 0 Å². The van der Waals surface area contributed by atoms with Gasteiger partial charge < -0.3 is 19.2 Å². The Morgan fingerprint density at radius 2 is 1.36 bits per heavy atom. The van der Waals surface area contributed by atoms with Crippen molar-refractivity contribution in [3.05, 3.63) is 54.2 Å². The lowest BCUT2D eigenvalue weighted by molar-refractivity contribution is 0.0595. The van der Waals surface area contributed by atoms with Crippen LogP contribution in [0.15, 0.2) is 48.5 Å². The summed E-state index contributed by atoms with van der Waals surface area (Å²) in [5, 5.41) is 0. The van der Waals surface area contributed by atoms with E-state index in [4.69, 9.17) is 14.2 Å². The van der Waals surface area contributed by atoms with E-state index in [2.05, 4.69) is 9.97 Å². The largest absolute Gasteiger partial charge is 0.497 e. The molecule has 0 aliphatic rings. The molecule has 6 heteroatoms. The number of hydrogen-bond acceptors (Lipinski definition) is 5. The number of carbonyl (C=O) groups excluding carboxylic acids is 1. The van der Waals surface area contributed by atoms with E-state index in [1.165, 1.54) is 7.11 Å². The van der Waals surface area contributed by atoms with Crippen LogP contribution in [0.5, 0.6) is 11.5 Å². The molecule has 3 aromatic rings.